The molecule has 1 saturated heterocycles. The van der Waals surface area contributed by atoms with Gasteiger partial charge in [0, 0.05) is 0 Å². The number of para-hydroxylation sites is 1. The molecule has 76 valence electrons. The molecule has 1 aromatic rings. The van der Waals surface area contributed by atoms with Crippen molar-refractivity contribution >= 4 is 0 Å². The Morgan fingerprint density at radius 2 is 2.36 bits per heavy atom. The van der Waals surface area contributed by atoms with E-state index < -0.39 is 5.82 Å². The molecule has 14 heavy (non-hydrogen) atoms. The van der Waals surface area contributed by atoms with E-state index in [0.717, 1.165) is 31.5 Å². The number of hydrogen-bond donors (Lipinski definition) is 2. The van der Waals surface area contributed by atoms with Crippen LogP contribution in [-0.2, 0) is 6.42 Å². The van der Waals surface area contributed by atoms with Gasteiger partial charge >= 0.3 is 0 Å². The first kappa shape index (κ1) is 9.46. The molecule has 0 aliphatic carbocycles. The first-order valence-electron chi connectivity index (χ1n) is 4.94. The van der Waals surface area contributed by atoms with Crippen molar-refractivity contribution < 1.29 is 9.50 Å². The van der Waals surface area contributed by atoms with Crippen molar-refractivity contribution in [2.75, 3.05) is 13.1 Å². The summed E-state index contributed by atoms with van der Waals surface area (Å²) in [6.45, 7) is 2.00. The summed E-state index contributed by atoms with van der Waals surface area (Å²) in [5.41, 5.74) is 0.721. The topological polar surface area (TPSA) is 32.3 Å². The highest BCUT2D eigenvalue weighted by molar-refractivity contribution is 5.33. The summed E-state index contributed by atoms with van der Waals surface area (Å²) in [6.07, 6.45) is 1.87. The summed E-state index contributed by atoms with van der Waals surface area (Å²) in [7, 11) is 0. The van der Waals surface area contributed by atoms with E-state index in [4.69, 9.17) is 0 Å². The summed E-state index contributed by atoms with van der Waals surface area (Å²) in [5.74, 6) is -0.171. The van der Waals surface area contributed by atoms with Crippen molar-refractivity contribution in [3.05, 3.63) is 29.6 Å². The van der Waals surface area contributed by atoms with Gasteiger partial charge in [0.2, 0.25) is 0 Å². The van der Waals surface area contributed by atoms with Crippen LogP contribution in [-0.4, -0.2) is 18.2 Å². The fourth-order valence-corrected chi connectivity index (χ4v) is 1.92. The molecule has 0 radical (unpaired) electrons. The largest absolute Gasteiger partial charge is 0.505 e. The van der Waals surface area contributed by atoms with Crippen LogP contribution in [0.2, 0.25) is 0 Å². The molecule has 0 aromatic heterocycles. The second-order valence-electron chi connectivity index (χ2n) is 3.81. The van der Waals surface area contributed by atoms with Gasteiger partial charge in [0.05, 0.1) is 0 Å². The minimum absolute atomic E-state index is 0.181. The Bertz CT molecular complexity index is 321. The molecule has 1 atom stereocenters. The van der Waals surface area contributed by atoms with Crippen molar-refractivity contribution in [1.82, 2.24) is 5.32 Å². The van der Waals surface area contributed by atoms with E-state index >= 15 is 0 Å². The van der Waals surface area contributed by atoms with E-state index in [2.05, 4.69) is 5.32 Å². The van der Waals surface area contributed by atoms with Crippen LogP contribution in [0, 0.1) is 11.7 Å². The van der Waals surface area contributed by atoms with Gasteiger partial charge in [0.15, 0.2) is 11.6 Å². The average molecular weight is 195 g/mol. The zero-order chi connectivity index (χ0) is 9.97. The molecule has 2 N–H and O–H groups in total. The van der Waals surface area contributed by atoms with E-state index in [9.17, 15) is 9.50 Å². The number of hydrogen-bond acceptors (Lipinski definition) is 2. The molecular formula is C11H14FNO. The van der Waals surface area contributed by atoms with E-state index in [1.54, 1.807) is 12.1 Å². The zero-order valence-corrected chi connectivity index (χ0v) is 7.96. The van der Waals surface area contributed by atoms with Crippen LogP contribution in [0.25, 0.3) is 0 Å². The van der Waals surface area contributed by atoms with E-state index in [1.165, 1.54) is 6.07 Å². The molecule has 1 unspecified atom stereocenters. The molecule has 3 heteroatoms. The number of phenols is 1. The fourth-order valence-electron chi connectivity index (χ4n) is 1.92. The van der Waals surface area contributed by atoms with Crippen LogP contribution >= 0.6 is 0 Å². The Morgan fingerprint density at radius 1 is 1.50 bits per heavy atom. The van der Waals surface area contributed by atoms with Crippen LogP contribution in [0.1, 0.15) is 12.0 Å². The van der Waals surface area contributed by atoms with Crippen LogP contribution in [0.3, 0.4) is 0 Å². The average Bonchev–Trinajstić information content (AvgIpc) is 2.66. The van der Waals surface area contributed by atoms with Crippen LogP contribution in [0.15, 0.2) is 18.2 Å². The van der Waals surface area contributed by atoms with Gasteiger partial charge in [-0.3, -0.25) is 0 Å². The van der Waals surface area contributed by atoms with Crippen molar-refractivity contribution in [2.24, 2.45) is 5.92 Å². The van der Waals surface area contributed by atoms with Crippen molar-refractivity contribution in [3.8, 4) is 5.75 Å². The second kappa shape index (κ2) is 3.96. The lowest BCUT2D eigenvalue weighted by molar-refractivity contribution is 0.420. The lowest BCUT2D eigenvalue weighted by atomic mass is 9.98. The molecule has 0 spiro atoms. The summed E-state index contributed by atoms with van der Waals surface area (Å²) in [6, 6.07) is 4.72. The number of aromatic hydroxyl groups is 1. The molecule has 1 fully saturated rings. The zero-order valence-electron chi connectivity index (χ0n) is 7.96. The minimum atomic E-state index is -0.520. The molecule has 2 rings (SSSR count). The van der Waals surface area contributed by atoms with Gasteiger partial charge in [-0.05, 0) is 43.5 Å². The van der Waals surface area contributed by atoms with Crippen molar-refractivity contribution in [1.29, 1.82) is 0 Å². The lowest BCUT2D eigenvalue weighted by Gasteiger charge is -2.09. The van der Waals surface area contributed by atoms with E-state index in [-0.39, 0.29) is 5.75 Å². The Hall–Kier alpha value is -1.09. The first-order valence-corrected chi connectivity index (χ1v) is 4.94. The van der Waals surface area contributed by atoms with E-state index in [0.29, 0.717) is 5.92 Å². The number of halogens is 1. The maximum absolute atomic E-state index is 13.0. The van der Waals surface area contributed by atoms with Crippen molar-refractivity contribution in [2.45, 2.75) is 12.8 Å². The highest BCUT2D eigenvalue weighted by Crippen LogP contribution is 2.25. The Labute approximate surface area is 82.8 Å². The maximum atomic E-state index is 13.0. The number of rotatable bonds is 2. The summed E-state index contributed by atoms with van der Waals surface area (Å²) in [4.78, 5) is 0. The standard InChI is InChI=1S/C11H14FNO/c12-10-3-1-2-9(11(10)14)6-8-4-5-13-7-8/h1-3,8,13-14H,4-7H2. The van der Waals surface area contributed by atoms with Gasteiger partial charge in [-0.1, -0.05) is 12.1 Å². The predicted molar refractivity (Wildman–Crippen MR) is 52.7 cm³/mol. The smallest absolute Gasteiger partial charge is 0.165 e. The molecule has 1 aromatic carbocycles. The van der Waals surface area contributed by atoms with Gasteiger partial charge in [-0.2, -0.15) is 0 Å². The molecule has 1 heterocycles. The third kappa shape index (κ3) is 1.87. The summed E-state index contributed by atoms with van der Waals surface area (Å²) < 4.78 is 13.0. The highest BCUT2D eigenvalue weighted by atomic mass is 19.1. The maximum Gasteiger partial charge on any atom is 0.165 e. The molecule has 0 amide bonds. The third-order valence-electron chi connectivity index (χ3n) is 2.74. The predicted octanol–water partition coefficient (Wildman–Crippen LogP) is 1.68. The van der Waals surface area contributed by atoms with Gasteiger partial charge in [0.25, 0.3) is 0 Å². The molecule has 2 nitrogen and oxygen atoms in total. The molecular weight excluding hydrogens is 181 g/mol. The quantitative estimate of drug-likeness (QED) is 0.752. The van der Waals surface area contributed by atoms with Crippen LogP contribution in [0.4, 0.5) is 4.39 Å². The molecule has 0 saturated carbocycles. The van der Waals surface area contributed by atoms with Gasteiger partial charge in [0.1, 0.15) is 0 Å². The van der Waals surface area contributed by atoms with Crippen LogP contribution in [0.5, 0.6) is 5.75 Å². The molecule has 0 bridgehead atoms. The normalized spacial score (nSPS) is 21.4. The number of benzene rings is 1. The monoisotopic (exact) mass is 195 g/mol. The van der Waals surface area contributed by atoms with Crippen LogP contribution < -0.4 is 5.32 Å². The summed E-state index contributed by atoms with van der Waals surface area (Å²) in [5, 5.41) is 12.7. The van der Waals surface area contributed by atoms with Gasteiger partial charge in [-0.15, -0.1) is 0 Å². The fraction of sp³-hybridized carbons (Fsp3) is 0.455. The van der Waals surface area contributed by atoms with Gasteiger partial charge in [-0.25, -0.2) is 4.39 Å². The third-order valence-corrected chi connectivity index (χ3v) is 2.74. The molecule has 1 aliphatic heterocycles. The first-order chi connectivity index (χ1) is 6.77. The lowest BCUT2D eigenvalue weighted by Crippen LogP contribution is -2.10. The Morgan fingerprint density at radius 3 is 3.07 bits per heavy atom. The van der Waals surface area contributed by atoms with Gasteiger partial charge < -0.3 is 10.4 Å². The van der Waals surface area contributed by atoms with Crippen molar-refractivity contribution in [3.63, 3.8) is 0 Å². The second-order valence-corrected chi connectivity index (χ2v) is 3.81. The Balaban J connectivity index is 2.11. The molecule has 1 aliphatic rings. The highest BCUT2D eigenvalue weighted by Gasteiger charge is 2.17. The number of nitrogens with one attached hydrogen (secondary N) is 1. The SMILES string of the molecule is Oc1c(F)cccc1CC1CCNC1. The van der Waals surface area contributed by atoms with E-state index in [1.807, 2.05) is 0 Å². The Kier molecular flexibility index (Phi) is 2.68. The summed E-state index contributed by atoms with van der Waals surface area (Å²) >= 11 is 0. The minimum Gasteiger partial charge on any atom is -0.505 e. The number of phenolic OH excluding ortho intramolecular Hbond substituents is 1.